The fourth-order valence-corrected chi connectivity index (χ4v) is 3.46. The Morgan fingerprint density at radius 2 is 1.62 bits per heavy atom. The summed E-state index contributed by atoms with van der Waals surface area (Å²) in [7, 11) is 0. The lowest BCUT2D eigenvalue weighted by atomic mass is 10.1. The van der Waals surface area contributed by atoms with Crippen LogP contribution in [-0.4, -0.2) is 16.4 Å². The average molecular weight is 453 g/mol. The second-order valence-corrected chi connectivity index (χ2v) is 7.59. The van der Waals surface area contributed by atoms with Gasteiger partial charge in [-0.15, -0.1) is 0 Å². The van der Waals surface area contributed by atoms with Crippen LogP contribution in [0.1, 0.15) is 27.6 Å². The van der Waals surface area contributed by atoms with Gasteiger partial charge in [0.1, 0.15) is 5.75 Å². The zero-order chi connectivity index (χ0) is 23.9. The topological polar surface area (TPSA) is 103 Å². The minimum atomic E-state index is -0.925. The van der Waals surface area contributed by atoms with Crippen molar-refractivity contribution in [3.05, 3.63) is 130 Å². The Morgan fingerprint density at radius 3 is 2.32 bits per heavy atom. The van der Waals surface area contributed by atoms with Crippen molar-refractivity contribution < 1.29 is 14.3 Å². The fraction of sp³-hybridized carbons (Fsp3) is 0.0741. The van der Waals surface area contributed by atoms with E-state index >= 15 is 0 Å². The highest BCUT2D eigenvalue weighted by Gasteiger charge is 2.23. The number of rotatable bonds is 8. The molecule has 0 saturated carbocycles. The molecular formula is C27H23N3O4. The van der Waals surface area contributed by atoms with E-state index < -0.39 is 12.0 Å². The van der Waals surface area contributed by atoms with Gasteiger partial charge in [0.05, 0.1) is 0 Å². The second-order valence-electron chi connectivity index (χ2n) is 7.59. The molecule has 3 N–H and O–H groups in total. The van der Waals surface area contributed by atoms with Crippen LogP contribution in [0.25, 0.3) is 5.69 Å². The van der Waals surface area contributed by atoms with Crippen molar-refractivity contribution in [1.29, 1.82) is 0 Å². The lowest BCUT2D eigenvalue weighted by Crippen LogP contribution is -2.32. The van der Waals surface area contributed by atoms with E-state index in [0.717, 1.165) is 11.3 Å². The molecule has 0 radical (unpaired) electrons. The van der Waals surface area contributed by atoms with Crippen LogP contribution in [0.5, 0.6) is 5.75 Å². The molecule has 1 atom stereocenters. The third kappa shape index (κ3) is 5.39. The smallest absolute Gasteiger partial charge is 0.266 e. The highest BCUT2D eigenvalue weighted by Crippen LogP contribution is 2.23. The molecule has 0 aliphatic carbocycles. The SMILES string of the molecule is NC(=O)c1cccc(OC(C(=O)NCc2ccc(-n3ccccc3=O)cc2)c2ccccc2)c1. The molecule has 34 heavy (non-hydrogen) atoms. The molecule has 3 aromatic carbocycles. The minimum Gasteiger partial charge on any atom is -0.476 e. The number of carbonyl (C=O) groups is 2. The Balaban J connectivity index is 1.49. The Kier molecular flexibility index (Phi) is 6.84. The largest absolute Gasteiger partial charge is 0.476 e. The number of nitrogens with zero attached hydrogens (tertiary/aromatic N) is 1. The molecule has 0 spiro atoms. The Morgan fingerprint density at radius 1 is 0.882 bits per heavy atom. The summed E-state index contributed by atoms with van der Waals surface area (Å²) in [5, 5.41) is 2.90. The van der Waals surface area contributed by atoms with Gasteiger partial charge in [-0.25, -0.2) is 0 Å². The summed E-state index contributed by atoms with van der Waals surface area (Å²) in [6.45, 7) is 0.275. The maximum absolute atomic E-state index is 13.1. The predicted molar refractivity (Wildman–Crippen MR) is 129 cm³/mol. The first kappa shape index (κ1) is 22.5. The van der Waals surface area contributed by atoms with Gasteiger partial charge in [-0.05, 0) is 42.0 Å². The van der Waals surface area contributed by atoms with Crippen molar-refractivity contribution in [1.82, 2.24) is 9.88 Å². The number of ether oxygens (including phenoxy) is 1. The molecule has 0 fully saturated rings. The van der Waals surface area contributed by atoms with E-state index in [1.165, 1.54) is 12.1 Å². The molecule has 7 heteroatoms. The maximum atomic E-state index is 13.1. The number of amides is 2. The summed E-state index contributed by atoms with van der Waals surface area (Å²) in [4.78, 5) is 36.6. The third-order valence-electron chi connectivity index (χ3n) is 5.22. The summed E-state index contributed by atoms with van der Waals surface area (Å²) < 4.78 is 7.52. The van der Waals surface area contributed by atoms with Crippen LogP contribution in [0, 0.1) is 0 Å². The predicted octanol–water partition coefficient (Wildman–Crippen LogP) is 3.37. The normalized spacial score (nSPS) is 11.4. The van der Waals surface area contributed by atoms with E-state index in [1.54, 1.807) is 53.2 Å². The van der Waals surface area contributed by atoms with Crippen molar-refractivity contribution in [2.45, 2.75) is 12.6 Å². The molecular weight excluding hydrogens is 430 g/mol. The summed E-state index contributed by atoms with van der Waals surface area (Å²) in [6.07, 6.45) is 0.778. The third-order valence-corrected chi connectivity index (χ3v) is 5.22. The number of carbonyl (C=O) groups excluding carboxylic acids is 2. The molecule has 170 valence electrons. The molecule has 1 heterocycles. The van der Waals surface area contributed by atoms with Gasteiger partial charge in [0.15, 0.2) is 0 Å². The molecule has 0 aliphatic rings. The lowest BCUT2D eigenvalue weighted by molar-refractivity contribution is -0.128. The van der Waals surface area contributed by atoms with Crippen LogP contribution in [0.4, 0.5) is 0 Å². The van der Waals surface area contributed by atoms with Crippen LogP contribution in [0.3, 0.4) is 0 Å². The molecule has 4 aromatic rings. The molecule has 7 nitrogen and oxygen atoms in total. The van der Waals surface area contributed by atoms with Gasteiger partial charge in [-0.1, -0.05) is 54.6 Å². The lowest BCUT2D eigenvalue weighted by Gasteiger charge is -2.19. The van der Waals surface area contributed by atoms with Crippen LogP contribution in [0.15, 0.2) is 108 Å². The summed E-state index contributed by atoms with van der Waals surface area (Å²) in [5.41, 5.74) is 7.81. The molecule has 0 aliphatic heterocycles. The van der Waals surface area contributed by atoms with Gasteiger partial charge in [0.25, 0.3) is 11.5 Å². The standard InChI is InChI=1S/C27H23N3O4/c28-26(32)21-9-6-10-23(17-21)34-25(20-7-2-1-3-8-20)27(33)29-18-19-12-14-22(15-13-19)30-16-5-4-11-24(30)31/h1-17,25H,18H2,(H2,28,32)(H,29,33). The monoisotopic (exact) mass is 453 g/mol. The molecule has 1 aromatic heterocycles. The van der Waals surface area contributed by atoms with Crippen molar-refractivity contribution in [3.63, 3.8) is 0 Å². The fourth-order valence-electron chi connectivity index (χ4n) is 3.46. The zero-order valence-corrected chi connectivity index (χ0v) is 18.3. The number of primary amides is 1. The highest BCUT2D eigenvalue weighted by atomic mass is 16.5. The van der Waals surface area contributed by atoms with Gasteiger partial charge in [0, 0.05) is 35.6 Å². The molecule has 2 amide bonds. The van der Waals surface area contributed by atoms with Crippen molar-refractivity contribution >= 4 is 11.8 Å². The number of nitrogens with two attached hydrogens (primary N) is 1. The van der Waals surface area contributed by atoms with Gasteiger partial charge >= 0.3 is 0 Å². The maximum Gasteiger partial charge on any atom is 0.266 e. The summed E-state index contributed by atoms with van der Waals surface area (Å²) in [5.74, 6) is -0.552. The highest BCUT2D eigenvalue weighted by molar-refractivity contribution is 5.93. The van der Waals surface area contributed by atoms with Gasteiger partial charge in [-0.2, -0.15) is 0 Å². The first-order chi connectivity index (χ1) is 16.5. The summed E-state index contributed by atoms with van der Waals surface area (Å²) >= 11 is 0. The molecule has 1 unspecified atom stereocenters. The number of benzene rings is 3. The Hall–Kier alpha value is -4.65. The number of pyridine rings is 1. The van der Waals surface area contributed by atoms with Crippen LogP contribution < -0.4 is 21.3 Å². The summed E-state index contributed by atoms with van der Waals surface area (Å²) in [6, 6.07) is 27.8. The van der Waals surface area contributed by atoms with E-state index in [9.17, 15) is 14.4 Å². The Bertz CT molecular complexity index is 1350. The van der Waals surface area contributed by atoms with E-state index in [2.05, 4.69) is 5.32 Å². The van der Waals surface area contributed by atoms with Gasteiger partial charge in [0.2, 0.25) is 12.0 Å². The quantitative estimate of drug-likeness (QED) is 0.427. The van der Waals surface area contributed by atoms with E-state index in [-0.39, 0.29) is 18.0 Å². The van der Waals surface area contributed by atoms with Crippen LogP contribution in [0.2, 0.25) is 0 Å². The van der Waals surface area contributed by atoms with Crippen LogP contribution >= 0.6 is 0 Å². The molecule has 0 saturated heterocycles. The number of hydrogen-bond acceptors (Lipinski definition) is 4. The number of nitrogens with one attached hydrogen (secondary N) is 1. The second kappa shape index (κ2) is 10.3. The number of hydrogen-bond donors (Lipinski definition) is 2. The average Bonchev–Trinajstić information content (AvgIpc) is 2.87. The van der Waals surface area contributed by atoms with Gasteiger partial charge in [-0.3, -0.25) is 19.0 Å². The first-order valence-corrected chi connectivity index (χ1v) is 10.7. The first-order valence-electron chi connectivity index (χ1n) is 10.7. The van der Waals surface area contributed by atoms with Crippen molar-refractivity contribution in [2.75, 3.05) is 0 Å². The van der Waals surface area contributed by atoms with Crippen molar-refractivity contribution in [3.8, 4) is 11.4 Å². The Labute approximate surface area is 196 Å². The van der Waals surface area contributed by atoms with E-state index in [4.69, 9.17) is 10.5 Å². The van der Waals surface area contributed by atoms with Crippen molar-refractivity contribution in [2.24, 2.45) is 5.73 Å². The van der Waals surface area contributed by atoms with E-state index in [0.29, 0.717) is 16.9 Å². The molecule has 4 rings (SSSR count). The van der Waals surface area contributed by atoms with Crippen LogP contribution in [-0.2, 0) is 11.3 Å². The molecule has 0 bridgehead atoms. The number of aromatic nitrogens is 1. The minimum absolute atomic E-state index is 0.119. The van der Waals surface area contributed by atoms with Gasteiger partial charge < -0.3 is 15.8 Å². The zero-order valence-electron chi connectivity index (χ0n) is 18.3. The van der Waals surface area contributed by atoms with E-state index in [1.807, 2.05) is 42.5 Å².